The average molecular weight is 329 g/mol. The van der Waals surface area contributed by atoms with Gasteiger partial charge in [-0.3, -0.25) is 9.40 Å². The first-order valence-electron chi connectivity index (χ1n) is 6.13. The Labute approximate surface area is 126 Å². The van der Waals surface area contributed by atoms with Crippen molar-refractivity contribution in [1.82, 2.24) is 9.78 Å². The monoisotopic (exact) mass is 329 g/mol. The van der Waals surface area contributed by atoms with Gasteiger partial charge in [0.15, 0.2) is 0 Å². The zero-order chi connectivity index (χ0) is 15.8. The predicted octanol–water partition coefficient (Wildman–Crippen LogP) is 1.85. The Bertz CT molecular complexity index is 790. The third kappa shape index (κ3) is 3.08. The van der Waals surface area contributed by atoms with Crippen LogP contribution in [-0.2, 0) is 23.5 Å². The van der Waals surface area contributed by atoms with Crippen LogP contribution in [-0.4, -0.2) is 29.3 Å². The topological polar surface area (TPSA) is 101 Å². The van der Waals surface area contributed by atoms with Crippen molar-refractivity contribution in [2.75, 3.05) is 4.72 Å². The first-order valence-corrected chi connectivity index (χ1v) is 8.43. The summed E-state index contributed by atoms with van der Waals surface area (Å²) in [6, 6.07) is 1.17. The molecule has 0 amide bonds. The largest absolute Gasteiger partial charge is 0.477 e. The van der Waals surface area contributed by atoms with Crippen LogP contribution in [0.5, 0.6) is 0 Å². The average Bonchev–Trinajstić information content (AvgIpc) is 2.92. The van der Waals surface area contributed by atoms with Crippen molar-refractivity contribution in [2.45, 2.75) is 25.2 Å². The van der Waals surface area contributed by atoms with E-state index in [0.717, 1.165) is 11.3 Å². The van der Waals surface area contributed by atoms with Crippen molar-refractivity contribution in [2.24, 2.45) is 7.05 Å². The van der Waals surface area contributed by atoms with Gasteiger partial charge in [0, 0.05) is 18.1 Å². The zero-order valence-electron chi connectivity index (χ0n) is 11.7. The Morgan fingerprint density at radius 2 is 2.19 bits per heavy atom. The highest BCUT2D eigenvalue weighted by atomic mass is 32.2. The Hall–Kier alpha value is -1.87. The summed E-state index contributed by atoms with van der Waals surface area (Å²) in [5.74, 6) is -1.14. The quantitative estimate of drug-likeness (QED) is 0.872. The van der Waals surface area contributed by atoms with Gasteiger partial charge < -0.3 is 5.11 Å². The molecule has 21 heavy (non-hydrogen) atoms. The standard InChI is InChI=1S/C12H15N3O4S2/c1-4-8-9(6-15(3)13-8)14-21(18,19)11-5-10(12(16)17)20-7(11)2/h5-6,14H,4H2,1-3H3,(H,16,17). The minimum atomic E-state index is -3.83. The Kier molecular flexibility index (Phi) is 4.06. The second kappa shape index (κ2) is 5.49. The fraction of sp³-hybridized carbons (Fsp3) is 0.333. The minimum Gasteiger partial charge on any atom is -0.477 e. The SMILES string of the molecule is CCc1nn(C)cc1NS(=O)(=O)c1cc(C(=O)O)sc1C. The summed E-state index contributed by atoms with van der Waals surface area (Å²) in [4.78, 5) is 11.3. The van der Waals surface area contributed by atoms with E-state index in [0.29, 0.717) is 22.7 Å². The van der Waals surface area contributed by atoms with Crippen LogP contribution in [0.3, 0.4) is 0 Å². The van der Waals surface area contributed by atoms with Crippen molar-refractivity contribution < 1.29 is 18.3 Å². The molecule has 0 aromatic carbocycles. The molecule has 2 N–H and O–H groups in total. The number of carbonyl (C=O) groups is 1. The van der Waals surface area contributed by atoms with Gasteiger partial charge in [-0.15, -0.1) is 11.3 Å². The van der Waals surface area contributed by atoms with Crippen LogP contribution in [0.1, 0.15) is 27.2 Å². The lowest BCUT2D eigenvalue weighted by atomic mass is 10.3. The van der Waals surface area contributed by atoms with Gasteiger partial charge in [0.2, 0.25) is 0 Å². The van der Waals surface area contributed by atoms with Crippen LogP contribution < -0.4 is 4.72 Å². The fourth-order valence-electron chi connectivity index (χ4n) is 1.92. The van der Waals surface area contributed by atoms with Crippen molar-refractivity contribution in [3.63, 3.8) is 0 Å². The molecule has 9 heteroatoms. The second-order valence-corrected chi connectivity index (χ2v) is 7.37. The van der Waals surface area contributed by atoms with E-state index in [2.05, 4.69) is 9.82 Å². The molecule has 0 aliphatic heterocycles. The number of anilines is 1. The van der Waals surface area contributed by atoms with Gasteiger partial charge in [-0.25, -0.2) is 13.2 Å². The smallest absolute Gasteiger partial charge is 0.345 e. The number of carboxylic acids is 1. The number of hydrogen-bond acceptors (Lipinski definition) is 5. The van der Waals surface area contributed by atoms with E-state index in [9.17, 15) is 13.2 Å². The molecule has 0 atom stereocenters. The maximum atomic E-state index is 12.4. The van der Waals surface area contributed by atoms with Gasteiger partial charge >= 0.3 is 5.97 Å². The predicted molar refractivity (Wildman–Crippen MR) is 79.4 cm³/mol. The number of hydrogen-bond donors (Lipinski definition) is 2. The summed E-state index contributed by atoms with van der Waals surface area (Å²) in [5, 5.41) is 13.1. The van der Waals surface area contributed by atoms with Gasteiger partial charge in [-0.2, -0.15) is 5.10 Å². The Morgan fingerprint density at radius 1 is 1.52 bits per heavy atom. The Balaban J connectivity index is 2.40. The normalized spacial score (nSPS) is 11.6. The second-order valence-electron chi connectivity index (χ2n) is 4.46. The van der Waals surface area contributed by atoms with E-state index in [1.165, 1.54) is 10.7 Å². The molecule has 0 radical (unpaired) electrons. The molecule has 0 aliphatic carbocycles. The maximum Gasteiger partial charge on any atom is 0.345 e. The molecule has 0 aliphatic rings. The number of aryl methyl sites for hydroxylation is 3. The van der Waals surface area contributed by atoms with Gasteiger partial charge in [0.25, 0.3) is 10.0 Å². The van der Waals surface area contributed by atoms with E-state index >= 15 is 0 Å². The molecule has 0 spiro atoms. The number of thiophene rings is 1. The number of nitrogens with zero attached hydrogens (tertiary/aromatic N) is 2. The number of rotatable bonds is 5. The molecule has 2 aromatic rings. The number of carboxylic acid groups (broad SMARTS) is 1. The van der Waals surface area contributed by atoms with E-state index in [1.807, 2.05) is 6.92 Å². The summed E-state index contributed by atoms with van der Waals surface area (Å²) in [6.45, 7) is 3.45. The molecule has 0 saturated carbocycles. The molecule has 0 bridgehead atoms. The van der Waals surface area contributed by atoms with Gasteiger partial charge in [0.05, 0.1) is 11.4 Å². The molecule has 2 rings (SSSR count). The molecule has 2 aromatic heterocycles. The third-order valence-corrected chi connectivity index (χ3v) is 5.52. The van der Waals surface area contributed by atoms with Crippen molar-refractivity contribution >= 4 is 33.0 Å². The minimum absolute atomic E-state index is 0.00484. The van der Waals surface area contributed by atoms with E-state index in [-0.39, 0.29) is 9.77 Å². The van der Waals surface area contributed by atoms with Crippen LogP contribution >= 0.6 is 11.3 Å². The lowest BCUT2D eigenvalue weighted by Gasteiger charge is -2.06. The maximum absolute atomic E-state index is 12.4. The first kappa shape index (κ1) is 15.5. The van der Waals surface area contributed by atoms with Crippen LogP contribution in [0.15, 0.2) is 17.2 Å². The lowest BCUT2D eigenvalue weighted by Crippen LogP contribution is -2.13. The highest BCUT2D eigenvalue weighted by molar-refractivity contribution is 7.93. The molecule has 0 unspecified atom stereocenters. The van der Waals surface area contributed by atoms with Crippen LogP contribution in [0.2, 0.25) is 0 Å². The molecular formula is C12H15N3O4S2. The summed E-state index contributed by atoms with van der Waals surface area (Å²) in [5.41, 5.74) is 1.04. The summed E-state index contributed by atoms with van der Waals surface area (Å²) >= 11 is 0.936. The third-order valence-electron chi connectivity index (χ3n) is 2.86. The van der Waals surface area contributed by atoms with E-state index in [1.54, 1.807) is 20.2 Å². The molecule has 2 heterocycles. The zero-order valence-corrected chi connectivity index (χ0v) is 13.4. The Morgan fingerprint density at radius 3 is 2.71 bits per heavy atom. The van der Waals surface area contributed by atoms with Crippen molar-refractivity contribution in [1.29, 1.82) is 0 Å². The van der Waals surface area contributed by atoms with E-state index in [4.69, 9.17) is 5.11 Å². The molecule has 114 valence electrons. The molecule has 0 saturated heterocycles. The fourth-order valence-corrected chi connectivity index (χ4v) is 4.42. The van der Waals surface area contributed by atoms with Crippen LogP contribution in [0, 0.1) is 6.92 Å². The summed E-state index contributed by atoms with van der Waals surface area (Å²) in [7, 11) is -2.13. The van der Waals surface area contributed by atoms with Gasteiger partial charge in [0.1, 0.15) is 9.77 Å². The first-order chi connectivity index (χ1) is 9.74. The lowest BCUT2D eigenvalue weighted by molar-refractivity contribution is 0.0702. The highest BCUT2D eigenvalue weighted by Gasteiger charge is 2.23. The molecular weight excluding hydrogens is 314 g/mol. The number of nitrogens with one attached hydrogen (secondary N) is 1. The van der Waals surface area contributed by atoms with Crippen molar-refractivity contribution in [3.05, 3.63) is 27.7 Å². The highest BCUT2D eigenvalue weighted by Crippen LogP contribution is 2.28. The van der Waals surface area contributed by atoms with Gasteiger partial charge in [-0.05, 0) is 19.4 Å². The van der Waals surface area contributed by atoms with Crippen LogP contribution in [0.4, 0.5) is 5.69 Å². The summed E-state index contributed by atoms with van der Waals surface area (Å²) in [6.07, 6.45) is 2.16. The summed E-state index contributed by atoms with van der Waals surface area (Å²) < 4.78 is 28.8. The number of aromatic nitrogens is 2. The van der Waals surface area contributed by atoms with Crippen molar-refractivity contribution in [3.8, 4) is 0 Å². The molecule has 7 nitrogen and oxygen atoms in total. The van der Waals surface area contributed by atoms with E-state index < -0.39 is 16.0 Å². The number of sulfonamides is 1. The number of aromatic carboxylic acids is 1. The van der Waals surface area contributed by atoms with Crippen LogP contribution in [0.25, 0.3) is 0 Å². The molecule has 0 fully saturated rings. The van der Waals surface area contributed by atoms with Gasteiger partial charge in [-0.1, -0.05) is 6.92 Å².